The van der Waals surface area contributed by atoms with Crippen molar-refractivity contribution < 1.29 is 19.5 Å². The zero-order valence-electron chi connectivity index (χ0n) is 20.6. The average molecular weight is 510 g/mol. The van der Waals surface area contributed by atoms with E-state index in [-0.39, 0.29) is 24.3 Å². The zero-order valence-corrected chi connectivity index (χ0v) is 21.4. The normalized spacial score (nSPS) is 25.9. The van der Waals surface area contributed by atoms with Crippen molar-refractivity contribution in [1.82, 2.24) is 10.2 Å². The molecule has 1 aliphatic heterocycles. The highest BCUT2D eigenvalue weighted by Gasteiger charge is 2.58. The summed E-state index contributed by atoms with van der Waals surface area (Å²) in [6, 6.07) is 13.3. The van der Waals surface area contributed by atoms with Crippen molar-refractivity contribution in [2.75, 3.05) is 19.0 Å². The third kappa shape index (κ3) is 4.77. The molecule has 2 aromatic rings. The van der Waals surface area contributed by atoms with Gasteiger partial charge in [0, 0.05) is 13.0 Å². The number of nitrogens with one attached hydrogen (secondary N) is 2. The molecule has 0 unspecified atom stereocenters. The monoisotopic (exact) mass is 509 g/mol. The Balaban J connectivity index is 1.76. The predicted octanol–water partition coefficient (Wildman–Crippen LogP) is 3.20. The van der Waals surface area contributed by atoms with E-state index >= 15 is 0 Å². The van der Waals surface area contributed by atoms with Crippen molar-refractivity contribution in [3.63, 3.8) is 0 Å². The van der Waals surface area contributed by atoms with Crippen LogP contribution in [0.15, 0.2) is 60.7 Å². The van der Waals surface area contributed by atoms with Gasteiger partial charge < -0.3 is 20.6 Å². The number of halogens is 1. The SMILES string of the molecule is CNC(=O)[C@H]1[C@@H]2C(=O)N([C@@H](CO)Cc3ccccc3)[C@H](C(=O)Nc3c(C)cccc3Cl)[C@H]2C=C[C@H]1C. The van der Waals surface area contributed by atoms with Gasteiger partial charge in [-0.1, -0.05) is 73.1 Å². The van der Waals surface area contributed by atoms with Crippen molar-refractivity contribution in [3.8, 4) is 0 Å². The Bertz CT molecular complexity index is 1150. The molecule has 36 heavy (non-hydrogen) atoms. The number of likely N-dealkylation sites (tertiary alicyclic amines) is 1. The van der Waals surface area contributed by atoms with Crippen LogP contribution in [0, 0.1) is 30.6 Å². The van der Waals surface area contributed by atoms with E-state index in [9.17, 15) is 19.5 Å². The number of nitrogens with zero attached hydrogens (tertiary/aromatic N) is 1. The van der Waals surface area contributed by atoms with Crippen LogP contribution in [0.3, 0.4) is 0 Å². The van der Waals surface area contributed by atoms with Gasteiger partial charge in [-0.25, -0.2) is 0 Å². The number of carbonyl (C=O) groups excluding carboxylic acids is 3. The Morgan fingerprint density at radius 2 is 1.81 bits per heavy atom. The van der Waals surface area contributed by atoms with Crippen LogP contribution >= 0.6 is 11.6 Å². The lowest BCUT2D eigenvalue weighted by Crippen LogP contribution is -2.51. The summed E-state index contributed by atoms with van der Waals surface area (Å²) < 4.78 is 0. The van der Waals surface area contributed by atoms with Crippen molar-refractivity contribution in [1.29, 1.82) is 0 Å². The predicted molar refractivity (Wildman–Crippen MR) is 139 cm³/mol. The maximum Gasteiger partial charge on any atom is 0.247 e. The van der Waals surface area contributed by atoms with Crippen molar-refractivity contribution >= 4 is 35.0 Å². The Morgan fingerprint density at radius 1 is 1.08 bits per heavy atom. The third-order valence-corrected chi connectivity index (χ3v) is 7.73. The van der Waals surface area contributed by atoms with Crippen LogP contribution < -0.4 is 10.6 Å². The molecular weight excluding hydrogens is 478 g/mol. The fourth-order valence-electron chi connectivity index (χ4n) is 5.63. The summed E-state index contributed by atoms with van der Waals surface area (Å²) in [5.41, 5.74) is 2.22. The standard InChI is InChI=1S/C28H32ClN3O4/c1-16-12-13-20-23(22(16)26(34)30-3)28(36)32(19(15-33)14-18-9-5-4-6-10-18)25(20)27(35)31-24-17(2)8-7-11-21(24)29/h4-13,16,19-20,22-23,25,33H,14-15H2,1-3H3,(H,30,34)(H,31,35)/t16-,19-,20+,22-,23-,25+/m1/s1. The number of amides is 3. The molecule has 1 aliphatic carbocycles. The van der Waals surface area contributed by atoms with E-state index in [1.54, 1.807) is 19.2 Å². The van der Waals surface area contributed by atoms with Crippen LogP contribution in [0.5, 0.6) is 0 Å². The average Bonchev–Trinajstić information content (AvgIpc) is 3.17. The summed E-state index contributed by atoms with van der Waals surface area (Å²) in [7, 11) is 1.55. The number of allylic oxidation sites excluding steroid dienone is 1. The summed E-state index contributed by atoms with van der Waals surface area (Å²) in [6.45, 7) is 3.43. The second-order valence-electron chi connectivity index (χ2n) is 9.62. The van der Waals surface area contributed by atoms with Crippen LogP contribution in [0.25, 0.3) is 0 Å². The van der Waals surface area contributed by atoms with Crippen molar-refractivity contribution in [3.05, 3.63) is 76.8 Å². The van der Waals surface area contributed by atoms with Crippen molar-refractivity contribution in [2.24, 2.45) is 23.7 Å². The summed E-state index contributed by atoms with van der Waals surface area (Å²) in [5, 5.41) is 16.4. The van der Waals surface area contributed by atoms with E-state index in [1.807, 2.05) is 62.4 Å². The highest BCUT2D eigenvalue weighted by atomic mass is 35.5. The van der Waals surface area contributed by atoms with Crippen LogP contribution in [0.4, 0.5) is 5.69 Å². The molecule has 0 bridgehead atoms. The number of aliphatic hydroxyl groups is 1. The first-order chi connectivity index (χ1) is 17.3. The van der Waals surface area contributed by atoms with Gasteiger partial charge in [-0.3, -0.25) is 14.4 Å². The molecule has 0 saturated carbocycles. The number of rotatable bonds is 7. The van der Waals surface area contributed by atoms with E-state index in [2.05, 4.69) is 10.6 Å². The molecule has 7 nitrogen and oxygen atoms in total. The number of aliphatic hydroxyl groups excluding tert-OH is 1. The molecule has 4 rings (SSSR count). The van der Waals surface area contributed by atoms with Gasteiger partial charge in [0.25, 0.3) is 0 Å². The molecule has 6 atom stereocenters. The lowest BCUT2D eigenvalue weighted by molar-refractivity contribution is -0.142. The van der Waals surface area contributed by atoms with Gasteiger partial charge in [0.1, 0.15) is 6.04 Å². The van der Waals surface area contributed by atoms with Crippen LogP contribution in [0.1, 0.15) is 18.1 Å². The number of fused-ring (bicyclic) bond motifs is 1. The number of aryl methyl sites for hydroxylation is 1. The quantitative estimate of drug-likeness (QED) is 0.499. The first-order valence-corrected chi connectivity index (χ1v) is 12.6. The number of hydrogen-bond acceptors (Lipinski definition) is 4. The second-order valence-corrected chi connectivity index (χ2v) is 10.0. The Hall–Kier alpha value is -3.16. The van der Waals surface area contributed by atoms with Gasteiger partial charge in [0.05, 0.1) is 35.2 Å². The molecule has 2 aromatic carbocycles. The highest BCUT2D eigenvalue weighted by molar-refractivity contribution is 6.34. The third-order valence-electron chi connectivity index (χ3n) is 7.42. The lowest BCUT2D eigenvalue weighted by Gasteiger charge is -2.33. The summed E-state index contributed by atoms with van der Waals surface area (Å²) in [6.07, 6.45) is 4.17. The van der Waals surface area contributed by atoms with Crippen molar-refractivity contribution in [2.45, 2.75) is 32.4 Å². The van der Waals surface area contributed by atoms with Crippen LogP contribution in [-0.4, -0.2) is 53.5 Å². The summed E-state index contributed by atoms with van der Waals surface area (Å²) in [4.78, 5) is 42.2. The molecule has 0 radical (unpaired) electrons. The maximum atomic E-state index is 14.0. The highest BCUT2D eigenvalue weighted by Crippen LogP contribution is 2.45. The Morgan fingerprint density at radius 3 is 2.44 bits per heavy atom. The smallest absolute Gasteiger partial charge is 0.247 e. The largest absolute Gasteiger partial charge is 0.394 e. The molecule has 1 saturated heterocycles. The number of para-hydroxylation sites is 1. The van der Waals surface area contributed by atoms with Gasteiger partial charge in [-0.2, -0.15) is 0 Å². The number of hydrogen-bond donors (Lipinski definition) is 3. The lowest BCUT2D eigenvalue weighted by atomic mass is 9.70. The zero-order chi connectivity index (χ0) is 26.0. The van der Waals surface area contributed by atoms with Gasteiger partial charge in [-0.15, -0.1) is 0 Å². The first-order valence-electron chi connectivity index (χ1n) is 12.2. The molecule has 1 heterocycles. The molecule has 3 N–H and O–H groups in total. The minimum absolute atomic E-state index is 0.175. The number of carbonyl (C=O) groups is 3. The van der Waals surface area contributed by atoms with Crippen LogP contribution in [-0.2, 0) is 20.8 Å². The first kappa shape index (κ1) is 25.9. The minimum atomic E-state index is -0.907. The second kappa shape index (κ2) is 10.8. The molecule has 0 aromatic heterocycles. The molecule has 8 heteroatoms. The van der Waals surface area contributed by atoms with Gasteiger partial charge in [-0.05, 0) is 36.5 Å². The minimum Gasteiger partial charge on any atom is -0.394 e. The van der Waals surface area contributed by atoms with Gasteiger partial charge in [0.2, 0.25) is 17.7 Å². The molecular formula is C28H32ClN3O4. The molecule has 0 spiro atoms. The fraction of sp³-hybridized carbons (Fsp3) is 0.393. The topological polar surface area (TPSA) is 98.7 Å². The molecule has 2 aliphatic rings. The Labute approximate surface area is 216 Å². The number of anilines is 1. The van der Waals surface area contributed by atoms with Gasteiger partial charge >= 0.3 is 0 Å². The number of benzene rings is 2. The van der Waals surface area contributed by atoms with E-state index in [1.165, 1.54) is 4.90 Å². The molecule has 190 valence electrons. The summed E-state index contributed by atoms with van der Waals surface area (Å²) >= 11 is 6.38. The summed E-state index contributed by atoms with van der Waals surface area (Å²) in [5.74, 6) is -2.95. The fourth-order valence-corrected chi connectivity index (χ4v) is 5.89. The molecule has 1 fully saturated rings. The van der Waals surface area contributed by atoms with E-state index in [4.69, 9.17) is 11.6 Å². The van der Waals surface area contributed by atoms with E-state index in [0.29, 0.717) is 17.1 Å². The van der Waals surface area contributed by atoms with E-state index in [0.717, 1.165) is 11.1 Å². The Kier molecular flexibility index (Phi) is 7.81. The molecule has 3 amide bonds. The van der Waals surface area contributed by atoms with Crippen LogP contribution in [0.2, 0.25) is 5.02 Å². The maximum absolute atomic E-state index is 14.0. The van der Waals surface area contributed by atoms with Gasteiger partial charge in [0.15, 0.2) is 0 Å². The van der Waals surface area contributed by atoms with E-state index < -0.39 is 35.7 Å².